The van der Waals surface area contributed by atoms with E-state index in [1.54, 1.807) is 12.1 Å². The van der Waals surface area contributed by atoms with Gasteiger partial charge >= 0.3 is 12.1 Å². The molecule has 162 valence electrons. The molecule has 30 heavy (non-hydrogen) atoms. The van der Waals surface area contributed by atoms with E-state index in [1.807, 2.05) is 5.32 Å². The van der Waals surface area contributed by atoms with Crippen molar-refractivity contribution in [1.82, 2.24) is 0 Å². The number of benzene rings is 2. The molecule has 1 heterocycles. The second-order valence-electron chi connectivity index (χ2n) is 5.72. The van der Waals surface area contributed by atoms with Crippen LogP contribution in [0, 0.1) is 0 Å². The summed E-state index contributed by atoms with van der Waals surface area (Å²) in [6.07, 6.45) is -5.03. The molecule has 0 spiro atoms. The summed E-state index contributed by atoms with van der Waals surface area (Å²) in [5.74, 6) is -6.86. The van der Waals surface area contributed by atoms with E-state index < -0.39 is 27.5 Å². The molecule has 0 aromatic heterocycles. The molecule has 0 unspecified atom stereocenters. The number of halogens is 8. The van der Waals surface area contributed by atoms with Crippen molar-refractivity contribution in [2.24, 2.45) is 4.99 Å². The number of nitrogens with one attached hydrogen (secondary N) is 1. The normalized spacial score (nSPS) is 16.1. The molecule has 0 radical (unpaired) electrons. The summed E-state index contributed by atoms with van der Waals surface area (Å²) in [4.78, 5) is 3.61. The molecule has 13 heteroatoms. The second-order valence-corrected chi connectivity index (χ2v) is 9.06. The quantitative estimate of drug-likeness (QED) is 0.161. The van der Waals surface area contributed by atoms with Crippen molar-refractivity contribution in [3.63, 3.8) is 0 Å². The van der Waals surface area contributed by atoms with E-state index in [4.69, 9.17) is 44.3 Å². The van der Waals surface area contributed by atoms with E-state index in [0.717, 1.165) is 0 Å². The Morgan fingerprint density at radius 1 is 0.967 bits per heavy atom. The zero-order valence-corrected chi connectivity index (χ0v) is 17.5. The first kappa shape index (κ1) is 23.1. The maximum Gasteiger partial charge on any atom is 0.449 e. The van der Waals surface area contributed by atoms with Gasteiger partial charge in [-0.3, -0.25) is 0 Å². The summed E-state index contributed by atoms with van der Waals surface area (Å²) in [6.45, 7) is 0. The van der Waals surface area contributed by atoms with Crippen LogP contribution in [0.2, 0.25) is 0 Å². The van der Waals surface area contributed by atoms with Crippen molar-refractivity contribution in [2.75, 3.05) is 5.32 Å². The van der Waals surface area contributed by atoms with E-state index in [1.165, 1.54) is 36.4 Å². The topological polar surface area (TPSA) is 42.9 Å². The van der Waals surface area contributed by atoms with E-state index in [2.05, 4.69) is 4.99 Å². The molecule has 3 rings (SSSR count). The third kappa shape index (κ3) is 5.16. The highest BCUT2D eigenvalue weighted by Gasteiger charge is 2.60. The maximum atomic E-state index is 13.7. The lowest BCUT2D eigenvalue weighted by atomic mass is 10.3. The van der Waals surface area contributed by atoms with E-state index >= 15 is 0 Å². The molecule has 0 fully saturated rings. The van der Waals surface area contributed by atoms with Gasteiger partial charge in [0.2, 0.25) is 5.84 Å². The Morgan fingerprint density at radius 2 is 1.50 bits per heavy atom. The smallest absolute Gasteiger partial charge is 0.427 e. The SMILES string of the molecule is FC(F)Sc1ccc(N/C(=N/C2(C(Cl)(Cl)Cl)Oc3ccccc3O2)C(F)(F)F)cc1. The monoisotopic (exact) mass is 506 g/mol. The minimum Gasteiger partial charge on any atom is -0.427 e. The van der Waals surface area contributed by atoms with Gasteiger partial charge in [0.15, 0.2) is 11.5 Å². The number of hydrogen-bond donors (Lipinski definition) is 1. The number of para-hydroxylation sites is 2. The summed E-state index contributed by atoms with van der Waals surface area (Å²) in [6, 6.07) is 10.7. The minimum atomic E-state index is -5.03. The largest absolute Gasteiger partial charge is 0.449 e. The number of hydrogen-bond acceptors (Lipinski definition) is 4. The Bertz CT molecular complexity index is 911. The third-order valence-corrected chi connectivity index (χ3v) is 5.01. The fourth-order valence-corrected chi connectivity index (χ4v) is 3.19. The Hall–Kier alpha value is -1.62. The predicted octanol–water partition coefficient (Wildman–Crippen LogP) is 6.87. The standard InChI is InChI=1S/C17H10Cl3F5N2O2S/c18-16(19,20)17(28-11-3-1-2-4-12(11)29-17)27-13(15(23,24)25)26-9-5-7-10(8-6-9)30-14(21)22/h1-8,14H,(H,26,27). The van der Waals surface area contributed by atoms with Crippen LogP contribution in [0.25, 0.3) is 0 Å². The minimum absolute atomic E-state index is 0.0301. The van der Waals surface area contributed by atoms with Crippen molar-refractivity contribution in [3.05, 3.63) is 48.5 Å². The molecule has 2 aromatic rings. The van der Waals surface area contributed by atoms with Crippen LogP contribution < -0.4 is 14.8 Å². The molecule has 2 aromatic carbocycles. The fourth-order valence-electron chi connectivity index (χ4n) is 2.33. The zero-order chi connectivity index (χ0) is 22.2. The summed E-state index contributed by atoms with van der Waals surface area (Å²) >= 11 is 17.8. The highest BCUT2D eigenvalue weighted by atomic mass is 35.6. The molecule has 4 nitrogen and oxygen atoms in total. The van der Waals surface area contributed by atoms with Crippen LogP contribution >= 0.6 is 46.6 Å². The van der Waals surface area contributed by atoms with Gasteiger partial charge in [-0.1, -0.05) is 58.7 Å². The van der Waals surface area contributed by atoms with Gasteiger partial charge < -0.3 is 14.8 Å². The Balaban J connectivity index is 1.96. The van der Waals surface area contributed by atoms with Crippen molar-refractivity contribution < 1.29 is 31.4 Å². The van der Waals surface area contributed by atoms with Gasteiger partial charge in [0.05, 0.1) is 0 Å². The molecular weight excluding hydrogens is 498 g/mol. The number of thioether (sulfide) groups is 1. The molecule has 0 saturated carbocycles. The fraction of sp³-hybridized carbons (Fsp3) is 0.235. The van der Waals surface area contributed by atoms with Gasteiger partial charge in [-0.05, 0) is 36.4 Å². The number of rotatable bonds is 4. The van der Waals surface area contributed by atoms with Gasteiger partial charge in [-0.2, -0.15) is 26.9 Å². The van der Waals surface area contributed by atoms with Crippen molar-refractivity contribution >= 4 is 58.1 Å². The van der Waals surface area contributed by atoms with E-state index in [0.29, 0.717) is 0 Å². The highest BCUT2D eigenvalue weighted by Crippen LogP contribution is 2.50. The first-order valence-electron chi connectivity index (χ1n) is 7.92. The third-order valence-electron chi connectivity index (χ3n) is 3.57. The Labute approximate surface area is 186 Å². The van der Waals surface area contributed by atoms with Crippen molar-refractivity contribution in [3.8, 4) is 11.5 Å². The number of anilines is 1. The van der Waals surface area contributed by atoms with Crippen molar-refractivity contribution in [2.45, 2.75) is 26.5 Å². The van der Waals surface area contributed by atoms with Crippen molar-refractivity contribution in [1.29, 1.82) is 0 Å². The maximum absolute atomic E-state index is 13.7. The average molecular weight is 508 g/mol. The Morgan fingerprint density at radius 3 is 1.93 bits per heavy atom. The molecule has 0 bridgehead atoms. The molecule has 1 aliphatic rings. The number of nitrogens with zero attached hydrogens (tertiary/aromatic N) is 1. The van der Waals surface area contributed by atoms with Gasteiger partial charge in [-0.15, -0.1) is 0 Å². The van der Waals surface area contributed by atoms with Crippen LogP contribution in [-0.2, 0) is 0 Å². The summed E-state index contributed by atoms with van der Waals surface area (Å²) in [5, 5.41) is 2.04. The number of fused-ring (bicyclic) bond motifs is 1. The lowest BCUT2D eigenvalue weighted by Gasteiger charge is -2.30. The van der Waals surface area contributed by atoms with Gasteiger partial charge in [0, 0.05) is 10.6 Å². The molecule has 0 saturated heterocycles. The van der Waals surface area contributed by atoms with Crippen LogP contribution in [0.15, 0.2) is 58.4 Å². The molecule has 0 amide bonds. The summed E-state index contributed by atoms with van der Waals surface area (Å²) in [7, 11) is 0. The summed E-state index contributed by atoms with van der Waals surface area (Å²) in [5.41, 5.74) is -0.0975. The van der Waals surface area contributed by atoms with E-state index in [-0.39, 0.29) is 33.8 Å². The van der Waals surface area contributed by atoms with Gasteiger partial charge in [0.25, 0.3) is 9.55 Å². The van der Waals surface area contributed by atoms with E-state index in [9.17, 15) is 22.0 Å². The summed E-state index contributed by atoms with van der Waals surface area (Å²) < 4.78 is 73.9. The van der Waals surface area contributed by atoms with Crippen LogP contribution in [0.3, 0.4) is 0 Å². The van der Waals surface area contributed by atoms with Crippen LogP contribution in [-0.4, -0.2) is 27.5 Å². The van der Waals surface area contributed by atoms with Gasteiger partial charge in [0.1, 0.15) is 0 Å². The Kier molecular flexibility index (Phi) is 6.52. The molecule has 0 aliphatic carbocycles. The van der Waals surface area contributed by atoms with Crippen LogP contribution in [0.1, 0.15) is 0 Å². The van der Waals surface area contributed by atoms with Crippen LogP contribution in [0.5, 0.6) is 11.5 Å². The predicted molar refractivity (Wildman–Crippen MR) is 106 cm³/mol. The molecule has 1 aliphatic heterocycles. The molecule has 1 N–H and O–H groups in total. The number of aliphatic imine (C=N–C) groups is 1. The first-order valence-corrected chi connectivity index (χ1v) is 9.94. The molecule has 0 atom stereocenters. The number of amidine groups is 1. The van der Waals surface area contributed by atoms with Gasteiger partial charge in [-0.25, -0.2) is 0 Å². The number of ether oxygens (including phenoxy) is 2. The zero-order valence-electron chi connectivity index (χ0n) is 14.4. The molecular formula is C17H10Cl3F5N2O2S. The average Bonchev–Trinajstić information content (AvgIpc) is 3.01. The number of alkyl halides is 8. The first-order chi connectivity index (χ1) is 13.9. The highest BCUT2D eigenvalue weighted by molar-refractivity contribution is 7.99. The second kappa shape index (κ2) is 8.49. The lowest BCUT2D eigenvalue weighted by Crippen LogP contribution is -2.51. The lowest BCUT2D eigenvalue weighted by molar-refractivity contribution is -0.0821. The van der Waals surface area contributed by atoms with Crippen LogP contribution in [0.4, 0.5) is 27.6 Å².